The van der Waals surface area contributed by atoms with Crippen LogP contribution in [0, 0.1) is 10.1 Å². The zero-order chi connectivity index (χ0) is 12.4. The Morgan fingerprint density at radius 2 is 2.12 bits per heavy atom. The minimum absolute atomic E-state index is 0.0851. The van der Waals surface area contributed by atoms with Gasteiger partial charge in [0.05, 0.1) is 4.92 Å². The summed E-state index contributed by atoms with van der Waals surface area (Å²) >= 11 is 3.16. The number of carbonyl (C=O) groups excluding carboxylic acids is 1. The third-order valence-electron chi connectivity index (χ3n) is 2.80. The molecule has 0 atom stereocenters. The Morgan fingerprint density at radius 3 is 2.65 bits per heavy atom. The maximum absolute atomic E-state index is 11.8. The standard InChI is InChI=1S/C11H11BrN2O3/c12-8-4-7(5-10(6-8)14(16)17)11(15)13-9-2-1-3-9/h4-6,9H,1-3H2,(H,13,15). The Balaban J connectivity index is 2.18. The lowest BCUT2D eigenvalue weighted by Crippen LogP contribution is -2.39. The molecule has 5 nitrogen and oxygen atoms in total. The zero-order valence-electron chi connectivity index (χ0n) is 8.98. The highest BCUT2D eigenvalue weighted by Crippen LogP contribution is 2.23. The minimum Gasteiger partial charge on any atom is -0.349 e. The summed E-state index contributed by atoms with van der Waals surface area (Å²) in [5, 5.41) is 13.5. The van der Waals surface area contributed by atoms with Crippen LogP contribution in [0.4, 0.5) is 5.69 Å². The van der Waals surface area contributed by atoms with Crippen molar-refractivity contribution in [2.24, 2.45) is 0 Å². The second-order valence-corrected chi connectivity index (χ2v) is 4.97. The fourth-order valence-corrected chi connectivity index (χ4v) is 2.11. The van der Waals surface area contributed by atoms with E-state index >= 15 is 0 Å². The molecule has 17 heavy (non-hydrogen) atoms. The summed E-state index contributed by atoms with van der Waals surface area (Å²) in [5.41, 5.74) is 0.233. The smallest absolute Gasteiger partial charge is 0.271 e. The van der Waals surface area contributed by atoms with Crippen LogP contribution in [-0.4, -0.2) is 16.9 Å². The topological polar surface area (TPSA) is 72.2 Å². The van der Waals surface area contributed by atoms with E-state index in [2.05, 4.69) is 21.2 Å². The van der Waals surface area contributed by atoms with Crippen LogP contribution in [0.25, 0.3) is 0 Å². The molecule has 0 aromatic heterocycles. The second-order valence-electron chi connectivity index (χ2n) is 4.06. The van der Waals surface area contributed by atoms with Crippen LogP contribution >= 0.6 is 15.9 Å². The van der Waals surface area contributed by atoms with Crippen molar-refractivity contribution in [2.45, 2.75) is 25.3 Å². The number of hydrogen-bond donors (Lipinski definition) is 1. The van der Waals surface area contributed by atoms with Crippen LogP contribution in [-0.2, 0) is 0 Å². The van der Waals surface area contributed by atoms with Gasteiger partial charge < -0.3 is 5.32 Å². The quantitative estimate of drug-likeness (QED) is 0.689. The van der Waals surface area contributed by atoms with Crippen molar-refractivity contribution >= 4 is 27.5 Å². The highest BCUT2D eigenvalue weighted by atomic mass is 79.9. The molecule has 1 fully saturated rings. The van der Waals surface area contributed by atoms with E-state index in [4.69, 9.17) is 0 Å². The zero-order valence-corrected chi connectivity index (χ0v) is 10.6. The maximum atomic E-state index is 11.8. The number of carbonyl (C=O) groups is 1. The molecule has 2 rings (SSSR count). The average Bonchev–Trinajstić information content (AvgIpc) is 2.22. The molecule has 0 heterocycles. The van der Waals surface area contributed by atoms with Crippen molar-refractivity contribution in [3.63, 3.8) is 0 Å². The van der Waals surface area contributed by atoms with Gasteiger partial charge in [-0.1, -0.05) is 15.9 Å². The highest BCUT2D eigenvalue weighted by molar-refractivity contribution is 9.10. The van der Waals surface area contributed by atoms with Crippen LogP contribution in [0.3, 0.4) is 0 Å². The van der Waals surface area contributed by atoms with E-state index in [9.17, 15) is 14.9 Å². The fourth-order valence-electron chi connectivity index (χ4n) is 1.63. The number of rotatable bonds is 3. The van der Waals surface area contributed by atoms with Crippen molar-refractivity contribution in [1.29, 1.82) is 0 Å². The van der Waals surface area contributed by atoms with Gasteiger partial charge in [0.15, 0.2) is 0 Å². The van der Waals surface area contributed by atoms with E-state index in [1.54, 1.807) is 6.07 Å². The number of halogens is 1. The summed E-state index contributed by atoms with van der Waals surface area (Å²) in [5.74, 6) is -0.251. The van der Waals surface area contributed by atoms with Gasteiger partial charge in [-0.25, -0.2) is 0 Å². The van der Waals surface area contributed by atoms with Gasteiger partial charge in [0.2, 0.25) is 0 Å². The lowest BCUT2D eigenvalue weighted by atomic mass is 9.93. The van der Waals surface area contributed by atoms with E-state index < -0.39 is 4.92 Å². The van der Waals surface area contributed by atoms with Crippen molar-refractivity contribution in [3.8, 4) is 0 Å². The molecular formula is C11H11BrN2O3. The van der Waals surface area contributed by atoms with Gasteiger partial charge in [-0.3, -0.25) is 14.9 Å². The monoisotopic (exact) mass is 298 g/mol. The molecule has 1 amide bonds. The molecule has 0 saturated heterocycles. The molecule has 1 N–H and O–H groups in total. The number of nitro benzene ring substituents is 1. The van der Waals surface area contributed by atoms with E-state index in [-0.39, 0.29) is 17.6 Å². The number of non-ortho nitro benzene ring substituents is 1. The van der Waals surface area contributed by atoms with Crippen LogP contribution in [0.1, 0.15) is 29.6 Å². The Labute approximate surface area is 106 Å². The predicted molar refractivity (Wildman–Crippen MR) is 65.9 cm³/mol. The summed E-state index contributed by atoms with van der Waals surface area (Å²) in [7, 11) is 0. The summed E-state index contributed by atoms with van der Waals surface area (Å²) in [6.07, 6.45) is 3.10. The number of nitrogens with zero attached hydrogens (tertiary/aromatic N) is 1. The molecular weight excluding hydrogens is 288 g/mol. The molecule has 0 spiro atoms. The summed E-state index contributed by atoms with van der Waals surface area (Å²) in [6.45, 7) is 0. The fraction of sp³-hybridized carbons (Fsp3) is 0.364. The highest BCUT2D eigenvalue weighted by Gasteiger charge is 2.21. The van der Waals surface area contributed by atoms with Crippen molar-refractivity contribution < 1.29 is 9.72 Å². The van der Waals surface area contributed by atoms with Crippen LogP contribution in [0.2, 0.25) is 0 Å². The molecule has 6 heteroatoms. The summed E-state index contributed by atoms with van der Waals surface area (Å²) < 4.78 is 0.533. The normalized spacial score (nSPS) is 15.1. The van der Waals surface area contributed by atoms with Crippen LogP contribution < -0.4 is 5.32 Å². The second kappa shape index (κ2) is 4.83. The Hall–Kier alpha value is -1.43. The number of amides is 1. The Morgan fingerprint density at radius 1 is 1.41 bits per heavy atom. The van der Waals surface area contributed by atoms with Gasteiger partial charge in [0.25, 0.3) is 11.6 Å². The summed E-state index contributed by atoms with van der Waals surface area (Å²) in [4.78, 5) is 22.0. The number of benzene rings is 1. The number of nitrogens with one attached hydrogen (secondary N) is 1. The molecule has 1 aliphatic carbocycles. The third kappa shape index (κ3) is 2.82. The summed E-state index contributed by atoms with van der Waals surface area (Å²) in [6, 6.07) is 4.47. The largest absolute Gasteiger partial charge is 0.349 e. The molecule has 1 aromatic carbocycles. The molecule has 1 aliphatic rings. The molecule has 1 saturated carbocycles. The predicted octanol–water partition coefficient (Wildman–Crippen LogP) is 2.64. The van der Waals surface area contributed by atoms with Crippen molar-refractivity contribution in [1.82, 2.24) is 5.32 Å². The molecule has 0 radical (unpaired) electrons. The lowest BCUT2D eigenvalue weighted by molar-refractivity contribution is -0.385. The van der Waals surface area contributed by atoms with E-state index in [0.717, 1.165) is 19.3 Å². The van der Waals surface area contributed by atoms with E-state index in [0.29, 0.717) is 10.0 Å². The Kier molecular flexibility index (Phi) is 3.42. The Bertz CT molecular complexity index is 472. The van der Waals surface area contributed by atoms with E-state index in [1.165, 1.54) is 12.1 Å². The molecule has 1 aromatic rings. The third-order valence-corrected chi connectivity index (χ3v) is 3.25. The first-order valence-corrected chi connectivity index (χ1v) is 6.11. The lowest BCUT2D eigenvalue weighted by Gasteiger charge is -2.26. The van der Waals surface area contributed by atoms with Gasteiger partial charge in [-0.2, -0.15) is 0 Å². The minimum atomic E-state index is -0.509. The molecule has 0 aliphatic heterocycles. The number of nitro groups is 1. The molecule has 90 valence electrons. The van der Waals surface area contributed by atoms with Gasteiger partial charge in [0, 0.05) is 28.2 Å². The molecule has 0 unspecified atom stereocenters. The van der Waals surface area contributed by atoms with Gasteiger partial charge in [-0.05, 0) is 25.3 Å². The van der Waals surface area contributed by atoms with Gasteiger partial charge in [0.1, 0.15) is 0 Å². The first kappa shape index (κ1) is 12.0. The number of hydrogen-bond acceptors (Lipinski definition) is 3. The van der Waals surface area contributed by atoms with E-state index in [1.807, 2.05) is 0 Å². The van der Waals surface area contributed by atoms with Crippen molar-refractivity contribution in [3.05, 3.63) is 38.3 Å². The van der Waals surface area contributed by atoms with Gasteiger partial charge in [-0.15, -0.1) is 0 Å². The first-order chi connectivity index (χ1) is 8.06. The van der Waals surface area contributed by atoms with Crippen LogP contribution in [0.15, 0.2) is 22.7 Å². The maximum Gasteiger partial charge on any atom is 0.271 e. The SMILES string of the molecule is O=C(NC1CCC1)c1cc(Br)cc([N+](=O)[O-])c1. The van der Waals surface area contributed by atoms with Crippen molar-refractivity contribution in [2.75, 3.05) is 0 Å². The van der Waals surface area contributed by atoms with Gasteiger partial charge >= 0.3 is 0 Å². The molecule has 0 bridgehead atoms. The first-order valence-electron chi connectivity index (χ1n) is 5.32. The average molecular weight is 299 g/mol. The van der Waals surface area contributed by atoms with Crippen LogP contribution in [0.5, 0.6) is 0 Å².